The van der Waals surface area contributed by atoms with Crippen LogP contribution >= 0.6 is 23.4 Å². The van der Waals surface area contributed by atoms with Gasteiger partial charge in [0, 0.05) is 23.2 Å². The Hall–Kier alpha value is -4.75. The molecule has 13 heteroatoms. The largest absolute Gasteiger partial charge is 0.451 e. The predicted molar refractivity (Wildman–Crippen MR) is 186 cm³/mol. The van der Waals surface area contributed by atoms with Gasteiger partial charge in [0.25, 0.3) is 0 Å². The van der Waals surface area contributed by atoms with Crippen LogP contribution in [0.2, 0.25) is 5.28 Å². The Morgan fingerprint density at radius 1 is 0.878 bits per heavy atom. The van der Waals surface area contributed by atoms with Crippen molar-refractivity contribution in [2.45, 2.75) is 47.5 Å². The van der Waals surface area contributed by atoms with E-state index in [0.29, 0.717) is 33.4 Å². The van der Waals surface area contributed by atoms with Gasteiger partial charge >= 0.3 is 11.9 Å². The average Bonchev–Trinajstić information content (AvgIpc) is 3.71. The van der Waals surface area contributed by atoms with Crippen molar-refractivity contribution >= 4 is 52.3 Å². The highest BCUT2D eigenvalue weighted by Crippen LogP contribution is 2.38. The van der Waals surface area contributed by atoms with E-state index in [1.165, 1.54) is 17.3 Å². The minimum atomic E-state index is -1.10. The number of carbonyl (C=O) groups is 2. The summed E-state index contributed by atoms with van der Waals surface area (Å²) in [4.78, 5) is 41.5. The summed E-state index contributed by atoms with van der Waals surface area (Å²) in [5, 5.41) is 2.60. The summed E-state index contributed by atoms with van der Waals surface area (Å²) in [7, 11) is 0. The Balaban J connectivity index is 1.15. The molecule has 2 saturated heterocycles. The summed E-state index contributed by atoms with van der Waals surface area (Å²) in [5.41, 5.74) is 4.85. The number of imidazole rings is 1. The molecule has 11 nitrogen and oxygen atoms in total. The molecule has 0 unspecified atom stereocenters. The van der Waals surface area contributed by atoms with E-state index in [2.05, 4.69) is 56.2 Å². The molecular formula is C36H33ClN6O5S. The van der Waals surface area contributed by atoms with Gasteiger partial charge in [0.1, 0.15) is 6.10 Å². The number of carbonyl (C=O) groups excluding carboxylic acids is 2. The molecular weight excluding hydrogens is 664 g/mol. The molecule has 0 saturated carbocycles. The van der Waals surface area contributed by atoms with Crippen molar-refractivity contribution in [3.63, 3.8) is 0 Å². The van der Waals surface area contributed by atoms with Gasteiger partial charge in [-0.3, -0.25) is 4.57 Å². The summed E-state index contributed by atoms with van der Waals surface area (Å²) < 4.78 is 20.0. The lowest BCUT2D eigenvalue weighted by atomic mass is 10.1. The number of aromatic nitrogens is 4. The zero-order valence-electron chi connectivity index (χ0n) is 26.3. The third-order valence-electron chi connectivity index (χ3n) is 8.38. The quantitative estimate of drug-likeness (QED) is 0.0966. The van der Waals surface area contributed by atoms with E-state index in [9.17, 15) is 9.59 Å². The zero-order valence-corrected chi connectivity index (χ0v) is 27.9. The maximum absolute atomic E-state index is 13.4. The summed E-state index contributed by atoms with van der Waals surface area (Å²) in [5.74, 6) is -0.773. The maximum Gasteiger partial charge on any atom is 0.338 e. The van der Waals surface area contributed by atoms with E-state index < -0.39 is 36.5 Å². The van der Waals surface area contributed by atoms with Crippen LogP contribution < -0.4 is 5.43 Å². The van der Waals surface area contributed by atoms with Crippen LogP contribution in [0.1, 0.15) is 39.8 Å². The number of ether oxygens (including phenoxy) is 3. The van der Waals surface area contributed by atoms with Gasteiger partial charge in [0.2, 0.25) is 5.28 Å². The van der Waals surface area contributed by atoms with Crippen molar-refractivity contribution in [3.05, 3.63) is 126 Å². The fourth-order valence-electron chi connectivity index (χ4n) is 5.95. The number of benzene rings is 3. The molecule has 0 spiro atoms. The second kappa shape index (κ2) is 14.8. The van der Waals surface area contributed by atoms with Gasteiger partial charge < -0.3 is 19.6 Å². The highest BCUT2D eigenvalue weighted by atomic mass is 35.5. The van der Waals surface area contributed by atoms with Gasteiger partial charge in [-0.2, -0.15) is 9.97 Å². The Labute approximate surface area is 292 Å². The van der Waals surface area contributed by atoms with Gasteiger partial charge in [-0.25, -0.2) is 19.6 Å². The molecule has 5 aromatic rings. The molecule has 0 amide bonds. The number of nitrogens with one attached hydrogen (secondary N) is 1. The summed E-state index contributed by atoms with van der Waals surface area (Å²) in [6.45, 7) is 5.50. The Bertz CT molecular complexity index is 1920. The topological polar surface area (TPSA) is 121 Å². The number of esters is 2. The lowest BCUT2D eigenvalue weighted by Crippen LogP contribution is -2.39. The molecule has 1 N–H and O–H groups in total. The van der Waals surface area contributed by atoms with Crippen LogP contribution in [0.25, 0.3) is 11.2 Å². The van der Waals surface area contributed by atoms with Crippen LogP contribution in [0.15, 0.2) is 115 Å². The Morgan fingerprint density at radius 3 is 2.08 bits per heavy atom. The molecule has 2 aliphatic heterocycles. The van der Waals surface area contributed by atoms with Crippen molar-refractivity contribution in [1.82, 2.24) is 24.5 Å². The summed E-state index contributed by atoms with van der Waals surface area (Å²) >= 11 is 8.37. The van der Waals surface area contributed by atoms with Gasteiger partial charge in [-0.1, -0.05) is 60.7 Å². The Kier molecular flexibility index (Phi) is 9.89. The molecule has 0 radical (unpaired) electrons. The lowest BCUT2D eigenvalue weighted by Gasteiger charge is -2.32. The first-order valence-corrected chi connectivity index (χ1v) is 17.2. The summed E-state index contributed by atoms with van der Waals surface area (Å²) in [6.07, 6.45) is 1.04. The number of anilines is 1. The van der Waals surface area contributed by atoms with Gasteiger partial charge in [0.05, 0.1) is 17.5 Å². The van der Waals surface area contributed by atoms with E-state index in [1.807, 2.05) is 17.8 Å². The van der Waals surface area contributed by atoms with E-state index >= 15 is 0 Å². The van der Waals surface area contributed by atoms with Crippen LogP contribution in [0.5, 0.6) is 0 Å². The molecule has 49 heavy (non-hydrogen) atoms. The number of piperidine rings is 1. The number of halogens is 1. The highest BCUT2D eigenvalue weighted by Gasteiger charge is 2.50. The van der Waals surface area contributed by atoms with Crippen molar-refractivity contribution in [1.29, 1.82) is 0 Å². The standard InChI is InChI=1S/C36H33ClN6O5S/c1-2-27-29(47-34(44)23-12-6-3-7-13-23)30(48-35(45)24-14-8-4-9-15-24)33(46-27)43-22-38-28-31(39-36(37)40-32(28)43)41-42-20-18-26(19-21-42)49-25-16-10-5-11-17-25/h2-17,22,26-27,29-30,33H,1,18-21H2,(H,39,40,41)/t27-,29-,30-,33-/m1/s1. The smallest absolute Gasteiger partial charge is 0.338 e. The van der Waals surface area contributed by atoms with Gasteiger partial charge in [0.15, 0.2) is 35.4 Å². The van der Waals surface area contributed by atoms with Crippen LogP contribution in [0.3, 0.4) is 0 Å². The van der Waals surface area contributed by atoms with E-state index in [1.54, 1.807) is 65.2 Å². The minimum absolute atomic E-state index is 0.00516. The van der Waals surface area contributed by atoms with Gasteiger partial charge in [-0.15, -0.1) is 18.3 Å². The van der Waals surface area contributed by atoms with Crippen LogP contribution in [0, 0.1) is 0 Å². The van der Waals surface area contributed by atoms with Crippen LogP contribution in [-0.4, -0.2) is 73.1 Å². The lowest BCUT2D eigenvalue weighted by molar-refractivity contribution is -0.0468. The third kappa shape index (κ3) is 7.32. The predicted octanol–water partition coefficient (Wildman–Crippen LogP) is 6.60. The van der Waals surface area contributed by atoms with Crippen LogP contribution in [-0.2, 0) is 14.2 Å². The minimum Gasteiger partial charge on any atom is -0.451 e. The third-order valence-corrected chi connectivity index (χ3v) is 9.90. The van der Waals surface area contributed by atoms with Crippen molar-refractivity contribution in [3.8, 4) is 0 Å². The van der Waals surface area contributed by atoms with E-state index in [4.69, 9.17) is 25.8 Å². The molecule has 2 aliphatic rings. The molecule has 250 valence electrons. The second-order valence-corrected chi connectivity index (χ2v) is 13.3. The molecule has 0 aliphatic carbocycles. The van der Waals surface area contributed by atoms with Crippen molar-refractivity contribution in [2.24, 2.45) is 0 Å². The molecule has 4 heterocycles. The molecule has 0 bridgehead atoms. The SMILES string of the molecule is C=C[C@H]1O[C@@H](n2cnc3c(NN4CCC(Sc5ccccc5)CC4)nc(Cl)nc32)[C@H](OC(=O)c2ccccc2)[C@@H]1OC(=O)c1ccccc1. The number of hydrazine groups is 1. The van der Waals surface area contributed by atoms with E-state index in [0.717, 1.165) is 25.9 Å². The van der Waals surface area contributed by atoms with Crippen molar-refractivity contribution < 1.29 is 23.8 Å². The monoisotopic (exact) mass is 696 g/mol. The zero-order chi connectivity index (χ0) is 33.7. The molecule has 7 rings (SSSR count). The second-order valence-electron chi connectivity index (χ2n) is 11.6. The first-order valence-electron chi connectivity index (χ1n) is 15.9. The Morgan fingerprint density at radius 2 is 1.47 bits per heavy atom. The highest BCUT2D eigenvalue weighted by molar-refractivity contribution is 8.00. The normalized spacial score (nSPS) is 21.3. The number of rotatable bonds is 10. The summed E-state index contributed by atoms with van der Waals surface area (Å²) in [6, 6.07) is 27.5. The number of nitrogens with zero attached hydrogens (tertiary/aromatic N) is 5. The van der Waals surface area contributed by atoms with Crippen LogP contribution in [0.4, 0.5) is 5.82 Å². The maximum atomic E-state index is 13.4. The number of fused-ring (bicyclic) bond motifs is 1. The fraction of sp³-hybridized carbons (Fsp3) is 0.250. The fourth-order valence-corrected chi connectivity index (χ4v) is 7.26. The first kappa shape index (κ1) is 32.8. The molecule has 2 fully saturated rings. The number of hydrogen-bond donors (Lipinski definition) is 1. The number of hydrogen-bond acceptors (Lipinski definition) is 11. The van der Waals surface area contributed by atoms with Crippen molar-refractivity contribution in [2.75, 3.05) is 18.5 Å². The molecule has 3 aromatic carbocycles. The van der Waals surface area contributed by atoms with Gasteiger partial charge in [-0.05, 0) is 60.8 Å². The number of thioether (sulfide) groups is 1. The molecule has 4 atom stereocenters. The first-order chi connectivity index (χ1) is 24.0. The molecule has 2 aromatic heterocycles. The van der Waals surface area contributed by atoms with E-state index in [-0.39, 0.29) is 5.28 Å². The average molecular weight is 697 g/mol.